The number of likely N-dealkylation sites (tertiary alicyclic amines) is 1. The number of piperidine rings is 1. The van der Waals surface area contributed by atoms with Gasteiger partial charge in [-0.25, -0.2) is 0 Å². The van der Waals surface area contributed by atoms with Crippen molar-refractivity contribution in [3.63, 3.8) is 0 Å². The Kier molecular flexibility index (Phi) is 7.47. The summed E-state index contributed by atoms with van der Waals surface area (Å²) in [5.41, 5.74) is 3.12. The Labute approximate surface area is 162 Å². The zero-order valence-electron chi connectivity index (χ0n) is 15.7. The number of amides is 2. The number of hydrogen-bond acceptors (Lipinski definition) is 3. The number of rotatable bonds is 4. The van der Waals surface area contributed by atoms with E-state index in [9.17, 15) is 9.59 Å². The largest absolute Gasteiger partial charge is 0.354 e. The van der Waals surface area contributed by atoms with E-state index in [1.54, 1.807) is 0 Å². The predicted octanol–water partition coefficient (Wildman–Crippen LogP) is 2.45. The maximum Gasteiger partial charge on any atom is 0.253 e. The lowest BCUT2D eigenvalue weighted by Crippen LogP contribution is -2.46. The molecule has 1 aromatic carbocycles. The van der Waals surface area contributed by atoms with Crippen molar-refractivity contribution in [2.75, 3.05) is 26.2 Å². The topological polar surface area (TPSA) is 61.4 Å². The van der Waals surface area contributed by atoms with Crippen LogP contribution in [0, 0.1) is 19.8 Å². The van der Waals surface area contributed by atoms with Crippen LogP contribution >= 0.6 is 12.4 Å². The SMILES string of the molecule is Cc1ccc(C(=O)N2CCCC(CNC(=O)C3CCCN3)C2)cc1C.Cl. The van der Waals surface area contributed by atoms with Gasteiger partial charge in [0.15, 0.2) is 0 Å². The molecule has 26 heavy (non-hydrogen) atoms. The molecule has 2 heterocycles. The van der Waals surface area contributed by atoms with Crippen molar-refractivity contribution in [2.24, 2.45) is 5.92 Å². The third kappa shape index (κ3) is 4.98. The van der Waals surface area contributed by atoms with Gasteiger partial charge in [-0.3, -0.25) is 9.59 Å². The maximum atomic E-state index is 12.8. The van der Waals surface area contributed by atoms with Gasteiger partial charge in [0, 0.05) is 25.2 Å². The van der Waals surface area contributed by atoms with Crippen LogP contribution in [-0.4, -0.2) is 48.9 Å². The minimum Gasteiger partial charge on any atom is -0.354 e. The molecule has 144 valence electrons. The van der Waals surface area contributed by atoms with Gasteiger partial charge in [-0.05, 0) is 75.3 Å². The second-order valence-electron chi connectivity index (χ2n) is 7.45. The normalized spacial score (nSPS) is 22.6. The first-order valence-corrected chi connectivity index (χ1v) is 9.42. The average Bonchev–Trinajstić information content (AvgIpc) is 3.16. The first kappa shape index (κ1) is 20.7. The Bertz CT molecular complexity index is 644. The summed E-state index contributed by atoms with van der Waals surface area (Å²) in [6.45, 7) is 7.22. The van der Waals surface area contributed by atoms with Gasteiger partial charge in [0.2, 0.25) is 5.91 Å². The number of nitrogens with zero attached hydrogens (tertiary/aromatic N) is 1. The van der Waals surface area contributed by atoms with Crippen LogP contribution in [0.3, 0.4) is 0 Å². The van der Waals surface area contributed by atoms with Crippen LogP contribution in [0.5, 0.6) is 0 Å². The smallest absolute Gasteiger partial charge is 0.253 e. The number of aryl methyl sites for hydroxylation is 2. The summed E-state index contributed by atoms with van der Waals surface area (Å²) >= 11 is 0. The average molecular weight is 380 g/mol. The molecule has 0 aromatic heterocycles. The second kappa shape index (κ2) is 9.38. The molecule has 2 aliphatic heterocycles. The molecule has 0 spiro atoms. The highest BCUT2D eigenvalue weighted by Crippen LogP contribution is 2.19. The number of halogens is 1. The van der Waals surface area contributed by atoms with Crippen molar-refractivity contribution in [2.45, 2.75) is 45.6 Å². The molecule has 2 atom stereocenters. The van der Waals surface area contributed by atoms with Gasteiger partial charge in [-0.2, -0.15) is 0 Å². The Hall–Kier alpha value is -1.59. The van der Waals surface area contributed by atoms with Crippen molar-refractivity contribution >= 4 is 24.2 Å². The van der Waals surface area contributed by atoms with Crippen LogP contribution in [0.4, 0.5) is 0 Å². The van der Waals surface area contributed by atoms with Crippen LogP contribution in [0.2, 0.25) is 0 Å². The highest BCUT2D eigenvalue weighted by atomic mass is 35.5. The molecule has 2 amide bonds. The van der Waals surface area contributed by atoms with Crippen LogP contribution in [-0.2, 0) is 4.79 Å². The van der Waals surface area contributed by atoms with Crippen LogP contribution in [0.25, 0.3) is 0 Å². The molecule has 2 unspecified atom stereocenters. The first-order chi connectivity index (χ1) is 12.0. The fraction of sp³-hybridized carbons (Fsp3) is 0.600. The summed E-state index contributed by atoms with van der Waals surface area (Å²) in [4.78, 5) is 26.9. The molecule has 6 heteroatoms. The molecule has 0 radical (unpaired) electrons. The van der Waals surface area contributed by atoms with E-state index in [0.29, 0.717) is 12.5 Å². The first-order valence-electron chi connectivity index (χ1n) is 9.42. The van der Waals surface area contributed by atoms with E-state index in [1.807, 2.05) is 30.0 Å². The van der Waals surface area contributed by atoms with Crippen molar-refractivity contribution in [1.82, 2.24) is 15.5 Å². The van der Waals surface area contributed by atoms with Gasteiger partial charge in [0.1, 0.15) is 0 Å². The van der Waals surface area contributed by atoms with Crippen molar-refractivity contribution in [3.8, 4) is 0 Å². The molecule has 5 nitrogen and oxygen atoms in total. The fourth-order valence-electron chi connectivity index (χ4n) is 3.75. The monoisotopic (exact) mass is 379 g/mol. The van der Waals surface area contributed by atoms with E-state index in [4.69, 9.17) is 0 Å². The third-order valence-corrected chi connectivity index (χ3v) is 5.50. The molecule has 2 N–H and O–H groups in total. The zero-order valence-corrected chi connectivity index (χ0v) is 16.5. The van der Waals surface area contributed by atoms with Crippen molar-refractivity contribution in [3.05, 3.63) is 34.9 Å². The van der Waals surface area contributed by atoms with Crippen molar-refractivity contribution in [1.29, 1.82) is 0 Å². The lowest BCUT2D eigenvalue weighted by molar-refractivity contribution is -0.123. The lowest BCUT2D eigenvalue weighted by Gasteiger charge is -2.33. The quantitative estimate of drug-likeness (QED) is 0.844. The lowest BCUT2D eigenvalue weighted by atomic mass is 9.96. The van der Waals surface area contributed by atoms with E-state index in [1.165, 1.54) is 5.56 Å². The van der Waals surface area contributed by atoms with Gasteiger partial charge in [0.05, 0.1) is 6.04 Å². The van der Waals surface area contributed by atoms with Crippen LogP contribution in [0.15, 0.2) is 18.2 Å². The molecular formula is C20H30ClN3O2. The van der Waals surface area contributed by atoms with Crippen molar-refractivity contribution < 1.29 is 9.59 Å². The standard InChI is InChI=1S/C20H29N3O2.ClH/c1-14-7-8-17(11-15(14)2)20(25)23-10-4-5-16(13-23)12-22-19(24)18-6-3-9-21-18;/h7-8,11,16,18,21H,3-6,9-10,12-13H2,1-2H3,(H,22,24);1H. The molecule has 2 saturated heterocycles. The van der Waals surface area contributed by atoms with Crippen LogP contribution < -0.4 is 10.6 Å². The summed E-state index contributed by atoms with van der Waals surface area (Å²) < 4.78 is 0. The van der Waals surface area contributed by atoms with Gasteiger partial charge in [0.25, 0.3) is 5.91 Å². The minimum atomic E-state index is -0.0307. The van der Waals surface area contributed by atoms with E-state index < -0.39 is 0 Å². The Morgan fingerprint density at radius 2 is 2.00 bits per heavy atom. The van der Waals surface area contributed by atoms with Gasteiger partial charge in [-0.1, -0.05) is 6.07 Å². The zero-order chi connectivity index (χ0) is 17.8. The molecule has 2 fully saturated rings. The molecule has 3 rings (SSSR count). The number of hydrogen-bond donors (Lipinski definition) is 2. The Balaban J connectivity index is 0.00000243. The van der Waals surface area contributed by atoms with E-state index >= 15 is 0 Å². The van der Waals surface area contributed by atoms with E-state index in [-0.39, 0.29) is 30.3 Å². The fourth-order valence-corrected chi connectivity index (χ4v) is 3.75. The second-order valence-corrected chi connectivity index (χ2v) is 7.45. The van der Waals surface area contributed by atoms with Gasteiger partial charge < -0.3 is 15.5 Å². The maximum absolute atomic E-state index is 12.8. The molecule has 0 bridgehead atoms. The summed E-state index contributed by atoms with van der Waals surface area (Å²) in [5, 5.41) is 6.30. The highest BCUT2D eigenvalue weighted by molar-refractivity contribution is 5.94. The summed E-state index contributed by atoms with van der Waals surface area (Å²) in [5.74, 6) is 0.557. The number of carbonyl (C=O) groups is 2. The number of carbonyl (C=O) groups excluding carboxylic acids is 2. The minimum absolute atomic E-state index is 0. The molecule has 2 aliphatic rings. The van der Waals surface area contributed by atoms with Gasteiger partial charge in [-0.15, -0.1) is 12.4 Å². The molecule has 0 aliphatic carbocycles. The Morgan fingerprint density at radius 3 is 2.69 bits per heavy atom. The van der Waals surface area contributed by atoms with Gasteiger partial charge >= 0.3 is 0 Å². The summed E-state index contributed by atoms with van der Waals surface area (Å²) in [7, 11) is 0. The predicted molar refractivity (Wildman–Crippen MR) is 106 cm³/mol. The number of benzene rings is 1. The Morgan fingerprint density at radius 1 is 1.19 bits per heavy atom. The van der Waals surface area contributed by atoms with E-state index in [2.05, 4.69) is 17.6 Å². The van der Waals surface area contributed by atoms with E-state index in [0.717, 1.165) is 56.4 Å². The number of nitrogens with one attached hydrogen (secondary N) is 2. The van der Waals surface area contributed by atoms with Crippen LogP contribution in [0.1, 0.15) is 47.2 Å². The summed E-state index contributed by atoms with van der Waals surface area (Å²) in [6, 6.07) is 5.88. The molecular weight excluding hydrogens is 350 g/mol. The highest BCUT2D eigenvalue weighted by Gasteiger charge is 2.27. The molecule has 1 aromatic rings. The summed E-state index contributed by atoms with van der Waals surface area (Å²) in [6.07, 6.45) is 4.06. The third-order valence-electron chi connectivity index (χ3n) is 5.50. The molecule has 0 saturated carbocycles.